The van der Waals surface area contributed by atoms with Gasteiger partial charge in [-0.15, -0.1) is 0 Å². The van der Waals surface area contributed by atoms with E-state index < -0.39 is 0 Å². The Morgan fingerprint density at radius 1 is 1.04 bits per heavy atom. The van der Waals surface area contributed by atoms with Crippen LogP contribution in [0.3, 0.4) is 0 Å². The summed E-state index contributed by atoms with van der Waals surface area (Å²) >= 11 is 0. The summed E-state index contributed by atoms with van der Waals surface area (Å²) in [5.74, 6) is 2.86. The molecule has 0 unspecified atom stereocenters. The second-order valence-corrected chi connectivity index (χ2v) is 8.02. The first-order valence-corrected chi connectivity index (χ1v) is 10.6. The molecule has 0 aromatic rings. The van der Waals surface area contributed by atoms with Crippen LogP contribution in [0, 0.1) is 11.8 Å². The lowest BCUT2D eigenvalue weighted by Gasteiger charge is -2.34. The van der Waals surface area contributed by atoms with Gasteiger partial charge in [0.2, 0.25) is 0 Å². The highest BCUT2D eigenvalue weighted by atomic mass is 15.3. The number of piperazine rings is 1. The molecule has 0 aromatic carbocycles. The first-order valence-electron chi connectivity index (χ1n) is 10.6. The molecule has 1 saturated heterocycles. The summed E-state index contributed by atoms with van der Waals surface area (Å²) in [6.45, 7) is 16.9. The van der Waals surface area contributed by atoms with Gasteiger partial charge < -0.3 is 15.1 Å². The minimum absolute atomic E-state index is 0.840. The first kappa shape index (κ1) is 20.5. The molecule has 0 radical (unpaired) electrons. The van der Waals surface area contributed by atoms with Gasteiger partial charge in [0.1, 0.15) is 0 Å². The SMILES string of the molecule is CCNC(=NCCN1CCN(CC)CC1)N(C)CC1CCC(C)CC1. The molecule has 0 atom stereocenters. The van der Waals surface area contributed by atoms with Crippen molar-refractivity contribution in [2.45, 2.75) is 46.5 Å². The third-order valence-electron chi connectivity index (χ3n) is 5.95. The topological polar surface area (TPSA) is 34.1 Å². The van der Waals surface area contributed by atoms with Crippen LogP contribution in [0.1, 0.15) is 46.5 Å². The molecule has 2 fully saturated rings. The zero-order chi connectivity index (χ0) is 18.1. The Hall–Kier alpha value is -0.810. The maximum Gasteiger partial charge on any atom is 0.193 e. The lowest BCUT2D eigenvalue weighted by Crippen LogP contribution is -2.47. The van der Waals surface area contributed by atoms with E-state index in [-0.39, 0.29) is 0 Å². The second kappa shape index (κ2) is 11.0. The molecule has 1 N–H and O–H groups in total. The van der Waals surface area contributed by atoms with Gasteiger partial charge in [-0.3, -0.25) is 9.89 Å². The monoisotopic (exact) mass is 351 g/mol. The van der Waals surface area contributed by atoms with Gasteiger partial charge in [-0.1, -0.05) is 26.7 Å². The molecule has 5 nitrogen and oxygen atoms in total. The van der Waals surface area contributed by atoms with Crippen molar-refractivity contribution in [3.05, 3.63) is 0 Å². The summed E-state index contributed by atoms with van der Waals surface area (Å²) in [7, 11) is 2.21. The largest absolute Gasteiger partial charge is 0.357 e. The average Bonchev–Trinajstić information content (AvgIpc) is 2.63. The molecule has 0 amide bonds. The van der Waals surface area contributed by atoms with Crippen LogP contribution >= 0.6 is 0 Å². The number of aliphatic imine (C=N–C) groups is 1. The fourth-order valence-electron chi connectivity index (χ4n) is 4.08. The van der Waals surface area contributed by atoms with Crippen molar-refractivity contribution in [2.24, 2.45) is 16.8 Å². The molecular formula is C20H41N5. The third-order valence-corrected chi connectivity index (χ3v) is 5.95. The highest BCUT2D eigenvalue weighted by molar-refractivity contribution is 5.79. The van der Waals surface area contributed by atoms with Crippen LogP contribution in [-0.2, 0) is 0 Å². The number of hydrogen-bond donors (Lipinski definition) is 1. The number of nitrogens with one attached hydrogen (secondary N) is 1. The third kappa shape index (κ3) is 7.14. The standard InChI is InChI=1S/C20H41N5/c1-5-21-20(23(4)17-19-9-7-18(3)8-10-19)22-11-12-25-15-13-24(6-2)14-16-25/h18-19H,5-17H2,1-4H3,(H,21,22). The number of rotatable bonds is 7. The number of likely N-dealkylation sites (N-methyl/N-ethyl adjacent to an activating group) is 1. The molecule has 2 aliphatic rings. The Morgan fingerprint density at radius 2 is 1.68 bits per heavy atom. The summed E-state index contributed by atoms with van der Waals surface area (Å²) in [4.78, 5) is 12.4. The quantitative estimate of drug-likeness (QED) is 0.564. The van der Waals surface area contributed by atoms with Crippen LogP contribution in [0.15, 0.2) is 4.99 Å². The highest BCUT2D eigenvalue weighted by Crippen LogP contribution is 2.28. The van der Waals surface area contributed by atoms with Crippen molar-refractivity contribution in [3.8, 4) is 0 Å². The first-order chi connectivity index (χ1) is 12.1. The lowest BCUT2D eigenvalue weighted by atomic mass is 9.83. The van der Waals surface area contributed by atoms with Crippen molar-refractivity contribution in [1.29, 1.82) is 0 Å². The van der Waals surface area contributed by atoms with Crippen LogP contribution in [0.5, 0.6) is 0 Å². The second-order valence-electron chi connectivity index (χ2n) is 8.02. The molecule has 5 heteroatoms. The molecular weight excluding hydrogens is 310 g/mol. The van der Waals surface area contributed by atoms with E-state index in [1.807, 2.05) is 0 Å². The predicted molar refractivity (Wildman–Crippen MR) is 108 cm³/mol. The Kier molecular flexibility index (Phi) is 9.04. The van der Waals surface area contributed by atoms with Crippen molar-refractivity contribution in [3.63, 3.8) is 0 Å². The lowest BCUT2D eigenvalue weighted by molar-refractivity contribution is 0.140. The van der Waals surface area contributed by atoms with Crippen LogP contribution in [0.2, 0.25) is 0 Å². The van der Waals surface area contributed by atoms with Crippen molar-refractivity contribution in [1.82, 2.24) is 20.0 Å². The van der Waals surface area contributed by atoms with E-state index in [2.05, 4.69) is 47.8 Å². The van der Waals surface area contributed by atoms with Gasteiger partial charge in [0, 0.05) is 52.9 Å². The van der Waals surface area contributed by atoms with E-state index in [1.165, 1.54) is 58.4 Å². The summed E-state index contributed by atoms with van der Waals surface area (Å²) in [5.41, 5.74) is 0. The number of hydrogen-bond acceptors (Lipinski definition) is 3. The smallest absolute Gasteiger partial charge is 0.193 e. The molecule has 1 heterocycles. The molecule has 0 spiro atoms. The van der Waals surface area contributed by atoms with E-state index in [9.17, 15) is 0 Å². The normalized spacial score (nSPS) is 26.6. The van der Waals surface area contributed by atoms with E-state index in [4.69, 9.17) is 4.99 Å². The molecule has 1 aliphatic heterocycles. The molecule has 2 rings (SSSR count). The van der Waals surface area contributed by atoms with Gasteiger partial charge in [0.15, 0.2) is 5.96 Å². The summed E-state index contributed by atoms with van der Waals surface area (Å²) < 4.78 is 0. The van der Waals surface area contributed by atoms with E-state index in [0.29, 0.717) is 0 Å². The predicted octanol–water partition coefficient (Wildman–Crippen LogP) is 2.35. The van der Waals surface area contributed by atoms with Gasteiger partial charge in [-0.05, 0) is 38.1 Å². The molecule has 1 saturated carbocycles. The maximum atomic E-state index is 4.90. The highest BCUT2D eigenvalue weighted by Gasteiger charge is 2.20. The number of nitrogens with zero attached hydrogens (tertiary/aromatic N) is 4. The molecule has 146 valence electrons. The van der Waals surface area contributed by atoms with Crippen molar-refractivity contribution in [2.75, 3.05) is 66.0 Å². The number of guanidine groups is 1. The molecule has 1 aliphatic carbocycles. The zero-order valence-electron chi connectivity index (χ0n) is 17.1. The molecule has 25 heavy (non-hydrogen) atoms. The maximum absolute atomic E-state index is 4.90. The Bertz CT molecular complexity index is 382. The van der Waals surface area contributed by atoms with Gasteiger partial charge in [-0.25, -0.2) is 0 Å². The fraction of sp³-hybridized carbons (Fsp3) is 0.950. The Balaban J connectivity index is 1.75. The zero-order valence-corrected chi connectivity index (χ0v) is 17.1. The van der Waals surface area contributed by atoms with Crippen molar-refractivity contribution >= 4 is 5.96 Å². The van der Waals surface area contributed by atoms with Gasteiger partial charge in [-0.2, -0.15) is 0 Å². The van der Waals surface area contributed by atoms with Gasteiger partial charge in [0.25, 0.3) is 0 Å². The summed E-state index contributed by atoms with van der Waals surface area (Å²) in [5, 5.41) is 3.48. The van der Waals surface area contributed by atoms with E-state index >= 15 is 0 Å². The Labute approximate surface area is 155 Å². The van der Waals surface area contributed by atoms with E-state index in [1.54, 1.807) is 0 Å². The van der Waals surface area contributed by atoms with Crippen LogP contribution < -0.4 is 5.32 Å². The van der Waals surface area contributed by atoms with Gasteiger partial charge in [0.05, 0.1) is 6.54 Å². The van der Waals surface area contributed by atoms with Crippen LogP contribution in [-0.4, -0.2) is 86.6 Å². The summed E-state index contributed by atoms with van der Waals surface area (Å²) in [6, 6.07) is 0. The summed E-state index contributed by atoms with van der Waals surface area (Å²) in [6.07, 6.45) is 5.56. The van der Waals surface area contributed by atoms with E-state index in [0.717, 1.165) is 44.0 Å². The molecule has 0 aromatic heterocycles. The average molecular weight is 352 g/mol. The van der Waals surface area contributed by atoms with Crippen LogP contribution in [0.4, 0.5) is 0 Å². The molecule has 0 bridgehead atoms. The van der Waals surface area contributed by atoms with Gasteiger partial charge >= 0.3 is 0 Å². The minimum atomic E-state index is 0.840. The fourth-order valence-corrected chi connectivity index (χ4v) is 4.08. The minimum Gasteiger partial charge on any atom is -0.357 e. The Morgan fingerprint density at radius 3 is 2.28 bits per heavy atom. The van der Waals surface area contributed by atoms with Crippen LogP contribution in [0.25, 0.3) is 0 Å². The van der Waals surface area contributed by atoms with Crippen molar-refractivity contribution < 1.29 is 0 Å².